The van der Waals surface area contributed by atoms with Crippen molar-refractivity contribution in [3.63, 3.8) is 0 Å². The number of carboxylic acid groups (broad SMARTS) is 1. The molecule has 2 N–H and O–H groups in total. The number of carboxylic acids is 1. The quantitative estimate of drug-likeness (QED) is 0.518. The zero-order chi connectivity index (χ0) is 6.85. The van der Waals surface area contributed by atoms with E-state index in [0.717, 1.165) is 0 Å². The number of hydrogen-bond acceptors (Lipinski definition) is 3. The lowest BCUT2D eigenvalue weighted by Gasteiger charge is -1.98. The van der Waals surface area contributed by atoms with Crippen LogP contribution >= 0.6 is 0 Å². The van der Waals surface area contributed by atoms with Crippen LogP contribution in [-0.2, 0) is 9.63 Å². The molecule has 0 aliphatic carbocycles. The van der Waals surface area contributed by atoms with Crippen LogP contribution in [0.4, 0.5) is 0 Å². The summed E-state index contributed by atoms with van der Waals surface area (Å²) in [6.45, 7) is 1.69. The van der Waals surface area contributed by atoms with Crippen molar-refractivity contribution in [1.82, 2.24) is 5.48 Å². The first-order valence-corrected chi connectivity index (χ1v) is 2.54. The highest BCUT2D eigenvalue weighted by atomic mass is 16.7. The van der Waals surface area contributed by atoms with E-state index in [2.05, 4.69) is 10.3 Å². The van der Waals surface area contributed by atoms with Gasteiger partial charge >= 0.3 is 5.97 Å². The lowest BCUT2D eigenvalue weighted by molar-refractivity contribution is -0.139. The Morgan fingerprint density at radius 2 is 2.67 bits per heavy atom. The van der Waals surface area contributed by atoms with Gasteiger partial charge in [-0.25, -0.2) is 0 Å². The minimum atomic E-state index is -0.924. The van der Waals surface area contributed by atoms with Crippen LogP contribution in [0.15, 0.2) is 11.8 Å². The first-order chi connectivity index (χ1) is 4.20. The van der Waals surface area contributed by atoms with Gasteiger partial charge in [-0.05, 0) is 13.0 Å². The monoisotopic (exact) mass is 129 g/mol. The Bertz CT molecular complexity index is 164. The van der Waals surface area contributed by atoms with Crippen molar-refractivity contribution in [2.24, 2.45) is 0 Å². The standard InChI is InChI=1S/C5H7NO3/c1-3-2-4(5(7)8)6-9-3/h2,4,6H,1H3,(H,7,8). The number of rotatable bonds is 1. The summed E-state index contributed by atoms with van der Waals surface area (Å²) in [6, 6.07) is -0.676. The minimum absolute atomic E-state index is 0.599. The number of hydrogen-bond donors (Lipinski definition) is 2. The Labute approximate surface area is 52.1 Å². The van der Waals surface area contributed by atoms with Gasteiger partial charge in [-0.2, -0.15) is 0 Å². The molecule has 0 radical (unpaired) electrons. The van der Waals surface area contributed by atoms with Crippen LogP contribution in [0, 0.1) is 0 Å². The molecule has 0 aromatic heterocycles. The van der Waals surface area contributed by atoms with E-state index in [0.29, 0.717) is 5.76 Å². The second kappa shape index (κ2) is 2.06. The maximum absolute atomic E-state index is 10.2. The highest BCUT2D eigenvalue weighted by Crippen LogP contribution is 2.04. The zero-order valence-electron chi connectivity index (χ0n) is 4.92. The Morgan fingerprint density at radius 1 is 2.00 bits per heavy atom. The summed E-state index contributed by atoms with van der Waals surface area (Å²) < 4.78 is 0. The minimum Gasteiger partial charge on any atom is -0.480 e. The van der Waals surface area contributed by atoms with Crippen LogP contribution in [-0.4, -0.2) is 17.1 Å². The molecule has 0 bridgehead atoms. The van der Waals surface area contributed by atoms with Crippen LogP contribution < -0.4 is 5.48 Å². The van der Waals surface area contributed by atoms with E-state index in [1.807, 2.05) is 0 Å². The molecule has 1 unspecified atom stereocenters. The second-order valence-corrected chi connectivity index (χ2v) is 1.81. The lowest BCUT2D eigenvalue weighted by Crippen LogP contribution is -2.29. The molecule has 1 aliphatic heterocycles. The van der Waals surface area contributed by atoms with Gasteiger partial charge in [0.05, 0.1) is 0 Å². The van der Waals surface area contributed by atoms with Gasteiger partial charge in [0, 0.05) is 0 Å². The van der Waals surface area contributed by atoms with Gasteiger partial charge < -0.3 is 9.94 Å². The summed E-state index contributed by atoms with van der Waals surface area (Å²) in [7, 11) is 0. The molecule has 50 valence electrons. The molecule has 0 aromatic carbocycles. The molecular weight excluding hydrogens is 122 g/mol. The van der Waals surface area contributed by atoms with Gasteiger partial charge in [-0.15, -0.1) is 5.48 Å². The van der Waals surface area contributed by atoms with Gasteiger partial charge in [0.25, 0.3) is 0 Å². The number of aliphatic carboxylic acids is 1. The van der Waals surface area contributed by atoms with Crippen LogP contribution in [0.2, 0.25) is 0 Å². The Balaban J connectivity index is 2.57. The summed E-state index contributed by atoms with van der Waals surface area (Å²) in [5.41, 5.74) is 2.31. The molecular formula is C5H7NO3. The third kappa shape index (κ3) is 1.20. The Kier molecular flexibility index (Phi) is 1.40. The normalized spacial score (nSPS) is 25.0. The summed E-state index contributed by atoms with van der Waals surface area (Å²) in [4.78, 5) is 14.8. The van der Waals surface area contributed by atoms with Crippen molar-refractivity contribution in [1.29, 1.82) is 0 Å². The van der Waals surface area contributed by atoms with Crippen molar-refractivity contribution >= 4 is 5.97 Å². The topological polar surface area (TPSA) is 58.6 Å². The molecule has 1 aliphatic rings. The molecule has 0 saturated carbocycles. The molecule has 4 heteroatoms. The van der Waals surface area contributed by atoms with Gasteiger partial charge in [0.2, 0.25) is 0 Å². The van der Waals surface area contributed by atoms with Crippen molar-refractivity contribution in [3.8, 4) is 0 Å². The van der Waals surface area contributed by atoms with Crippen molar-refractivity contribution in [2.45, 2.75) is 13.0 Å². The van der Waals surface area contributed by atoms with Gasteiger partial charge in [0.1, 0.15) is 5.76 Å². The van der Waals surface area contributed by atoms with Crippen LogP contribution in [0.5, 0.6) is 0 Å². The van der Waals surface area contributed by atoms with E-state index in [-0.39, 0.29) is 0 Å². The molecule has 1 heterocycles. The molecule has 0 saturated heterocycles. The van der Waals surface area contributed by atoms with E-state index in [1.54, 1.807) is 6.92 Å². The predicted molar refractivity (Wildman–Crippen MR) is 29.4 cm³/mol. The number of allylic oxidation sites excluding steroid dienone is 1. The smallest absolute Gasteiger partial charge is 0.328 e. The Hall–Kier alpha value is -1.03. The highest BCUT2D eigenvalue weighted by Gasteiger charge is 2.20. The largest absolute Gasteiger partial charge is 0.480 e. The zero-order valence-corrected chi connectivity index (χ0v) is 4.92. The van der Waals surface area contributed by atoms with Gasteiger partial charge in [-0.1, -0.05) is 0 Å². The molecule has 4 nitrogen and oxygen atoms in total. The van der Waals surface area contributed by atoms with E-state index < -0.39 is 12.0 Å². The highest BCUT2D eigenvalue weighted by molar-refractivity contribution is 5.76. The van der Waals surface area contributed by atoms with E-state index in [4.69, 9.17) is 5.11 Å². The third-order valence-electron chi connectivity index (χ3n) is 1.01. The fraction of sp³-hybridized carbons (Fsp3) is 0.400. The van der Waals surface area contributed by atoms with Crippen LogP contribution in [0.25, 0.3) is 0 Å². The summed E-state index contributed by atoms with van der Waals surface area (Å²) in [5.74, 6) is -0.325. The van der Waals surface area contributed by atoms with Crippen LogP contribution in [0.1, 0.15) is 6.92 Å². The molecule has 0 spiro atoms. The molecule has 1 atom stereocenters. The van der Waals surface area contributed by atoms with E-state index in [9.17, 15) is 4.79 Å². The van der Waals surface area contributed by atoms with E-state index in [1.165, 1.54) is 6.08 Å². The average Bonchev–Trinajstić information content (AvgIpc) is 2.14. The lowest BCUT2D eigenvalue weighted by atomic mass is 10.3. The maximum atomic E-state index is 10.2. The maximum Gasteiger partial charge on any atom is 0.328 e. The number of nitrogens with one attached hydrogen (secondary N) is 1. The van der Waals surface area contributed by atoms with Crippen molar-refractivity contribution < 1.29 is 14.7 Å². The number of carbonyl (C=O) groups is 1. The molecule has 1 rings (SSSR count). The van der Waals surface area contributed by atoms with Crippen molar-refractivity contribution in [2.75, 3.05) is 0 Å². The molecule has 0 aromatic rings. The summed E-state index contributed by atoms with van der Waals surface area (Å²) in [6.07, 6.45) is 1.50. The third-order valence-corrected chi connectivity index (χ3v) is 1.01. The predicted octanol–water partition coefficient (Wildman–Crippen LogP) is -0.122. The second-order valence-electron chi connectivity index (χ2n) is 1.81. The van der Waals surface area contributed by atoms with E-state index >= 15 is 0 Å². The summed E-state index contributed by atoms with van der Waals surface area (Å²) in [5, 5.41) is 8.34. The molecule has 0 fully saturated rings. The molecule has 0 amide bonds. The van der Waals surface area contributed by atoms with Crippen LogP contribution in [0.3, 0.4) is 0 Å². The number of hydroxylamine groups is 1. The summed E-state index contributed by atoms with van der Waals surface area (Å²) >= 11 is 0. The van der Waals surface area contributed by atoms with Gasteiger partial charge in [-0.3, -0.25) is 4.79 Å². The molecule has 9 heavy (non-hydrogen) atoms. The van der Waals surface area contributed by atoms with Crippen molar-refractivity contribution in [3.05, 3.63) is 11.8 Å². The fourth-order valence-electron chi connectivity index (χ4n) is 0.581. The fourth-order valence-corrected chi connectivity index (χ4v) is 0.581. The average molecular weight is 129 g/mol. The Morgan fingerprint density at radius 3 is 2.89 bits per heavy atom. The SMILES string of the molecule is CC1=CC(C(=O)O)NO1. The first kappa shape index (κ1) is 6.10. The van der Waals surface area contributed by atoms with Gasteiger partial charge in [0.15, 0.2) is 6.04 Å². The first-order valence-electron chi connectivity index (χ1n) is 2.54.